The number of aromatic nitrogens is 1. The van der Waals surface area contributed by atoms with Crippen LogP contribution in [-0.2, 0) is 25.4 Å². The highest BCUT2D eigenvalue weighted by molar-refractivity contribution is 6.12. The maximum absolute atomic E-state index is 12.8. The Hall–Kier alpha value is -2.15. The lowest BCUT2D eigenvalue weighted by Gasteiger charge is -2.25. The molecule has 7 nitrogen and oxygen atoms in total. The van der Waals surface area contributed by atoms with E-state index in [-0.39, 0.29) is 30.1 Å². The minimum absolute atomic E-state index is 0.0563. The van der Waals surface area contributed by atoms with Gasteiger partial charge >= 0.3 is 11.9 Å². The van der Waals surface area contributed by atoms with Crippen molar-refractivity contribution in [2.75, 3.05) is 20.3 Å². The second kappa shape index (κ2) is 7.00. The minimum Gasteiger partial charge on any atom is -0.468 e. The number of fused-ring (bicyclic) bond motifs is 1. The van der Waals surface area contributed by atoms with Crippen LogP contribution in [0.3, 0.4) is 0 Å². The van der Waals surface area contributed by atoms with E-state index in [9.17, 15) is 14.4 Å². The zero-order chi connectivity index (χ0) is 18.1. The van der Waals surface area contributed by atoms with E-state index in [0.717, 1.165) is 12.8 Å². The third-order valence-corrected chi connectivity index (χ3v) is 5.04. The van der Waals surface area contributed by atoms with Gasteiger partial charge in [-0.1, -0.05) is 6.92 Å². The van der Waals surface area contributed by atoms with Gasteiger partial charge in [-0.15, -0.1) is 0 Å². The van der Waals surface area contributed by atoms with Gasteiger partial charge in [0.05, 0.1) is 13.2 Å². The molecule has 1 aromatic rings. The largest absolute Gasteiger partial charge is 0.468 e. The van der Waals surface area contributed by atoms with Crippen LogP contribution in [-0.4, -0.2) is 49.1 Å². The topological polar surface area (TPSA) is 94.7 Å². The van der Waals surface area contributed by atoms with Crippen molar-refractivity contribution < 1.29 is 28.6 Å². The fourth-order valence-electron chi connectivity index (χ4n) is 3.69. The average molecular weight is 349 g/mol. The van der Waals surface area contributed by atoms with E-state index >= 15 is 0 Å². The lowest BCUT2D eigenvalue weighted by Crippen LogP contribution is -2.36. The number of hydrogen-bond donors (Lipinski definition) is 1. The number of methoxy groups -OCH3 is 1. The highest BCUT2D eigenvalue weighted by Gasteiger charge is 2.42. The van der Waals surface area contributed by atoms with Crippen LogP contribution in [0.15, 0.2) is 0 Å². The first kappa shape index (κ1) is 17.7. The molecule has 0 saturated carbocycles. The van der Waals surface area contributed by atoms with Crippen LogP contribution >= 0.6 is 0 Å². The van der Waals surface area contributed by atoms with Crippen molar-refractivity contribution in [3.8, 4) is 0 Å². The summed E-state index contributed by atoms with van der Waals surface area (Å²) in [5, 5.41) is 0. The van der Waals surface area contributed by atoms with Gasteiger partial charge in [-0.2, -0.15) is 0 Å². The van der Waals surface area contributed by atoms with Gasteiger partial charge in [0, 0.05) is 17.9 Å². The summed E-state index contributed by atoms with van der Waals surface area (Å²) < 4.78 is 15.5. The summed E-state index contributed by atoms with van der Waals surface area (Å²) >= 11 is 0. The summed E-state index contributed by atoms with van der Waals surface area (Å²) in [7, 11) is 1.27. The molecule has 2 heterocycles. The molecule has 25 heavy (non-hydrogen) atoms. The zero-order valence-corrected chi connectivity index (χ0v) is 14.7. The molecule has 0 bridgehead atoms. The lowest BCUT2D eigenvalue weighted by atomic mass is 9.77. The summed E-state index contributed by atoms with van der Waals surface area (Å²) in [6.07, 6.45) is 2.30. The van der Waals surface area contributed by atoms with Gasteiger partial charge in [-0.05, 0) is 37.7 Å². The summed E-state index contributed by atoms with van der Waals surface area (Å²) in [6.45, 7) is 4.42. The summed E-state index contributed by atoms with van der Waals surface area (Å²) in [5.74, 6) is -2.36. The van der Waals surface area contributed by atoms with Crippen LogP contribution in [0.5, 0.6) is 0 Å². The Morgan fingerprint density at radius 3 is 2.76 bits per heavy atom. The van der Waals surface area contributed by atoms with Crippen molar-refractivity contribution in [2.24, 2.45) is 11.8 Å². The fourth-order valence-corrected chi connectivity index (χ4v) is 3.69. The van der Waals surface area contributed by atoms with E-state index in [1.807, 2.05) is 6.92 Å². The van der Waals surface area contributed by atoms with Crippen molar-refractivity contribution >= 4 is 17.7 Å². The highest BCUT2D eigenvalue weighted by Crippen LogP contribution is 2.34. The number of aromatic amines is 1. The first-order valence-electron chi connectivity index (χ1n) is 8.56. The van der Waals surface area contributed by atoms with Gasteiger partial charge in [-0.25, -0.2) is 4.79 Å². The molecule has 0 radical (unpaired) electrons. The van der Waals surface area contributed by atoms with Gasteiger partial charge in [0.1, 0.15) is 18.2 Å². The van der Waals surface area contributed by atoms with E-state index in [1.165, 1.54) is 7.11 Å². The van der Waals surface area contributed by atoms with Crippen LogP contribution in [0.4, 0.5) is 0 Å². The summed E-state index contributed by atoms with van der Waals surface area (Å²) in [6, 6.07) is 0. The first-order chi connectivity index (χ1) is 11.9. The predicted molar refractivity (Wildman–Crippen MR) is 87.5 cm³/mol. The monoisotopic (exact) mass is 349 g/mol. The molecule has 0 spiro atoms. The Kier molecular flexibility index (Phi) is 4.94. The number of carbonyl (C=O) groups excluding carboxylic acids is 3. The molecule has 0 unspecified atom stereocenters. The molecule has 0 aromatic carbocycles. The first-order valence-corrected chi connectivity index (χ1v) is 8.56. The van der Waals surface area contributed by atoms with Crippen LogP contribution in [0.1, 0.15) is 51.9 Å². The molecule has 1 aliphatic carbocycles. The quantitative estimate of drug-likeness (QED) is 0.658. The maximum atomic E-state index is 12.8. The van der Waals surface area contributed by atoms with Gasteiger partial charge in [-0.3, -0.25) is 9.59 Å². The molecular formula is C18H23NO6. The van der Waals surface area contributed by atoms with E-state index in [4.69, 9.17) is 14.2 Å². The molecule has 2 aliphatic rings. The van der Waals surface area contributed by atoms with Crippen LogP contribution in [0.2, 0.25) is 0 Å². The van der Waals surface area contributed by atoms with Crippen molar-refractivity contribution in [3.05, 3.63) is 22.5 Å². The minimum atomic E-state index is -0.831. The van der Waals surface area contributed by atoms with E-state index < -0.39 is 17.9 Å². The van der Waals surface area contributed by atoms with E-state index in [0.29, 0.717) is 29.8 Å². The molecule has 1 aliphatic heterocycles. The molecule has 3 atom stereocenters. The molecular weight excluding hydrogens is 326 g/mol. The van der Waals surface area contributed by atoms with Crippen LogP contribution in [0, 0.1) is 18.8 Å². The van der Waals surface area contributed by atoms with Crippen molar-refractivity contribution in [1.29, 1.82) is 0 Å². The maximum Gasteiger partial charge on any atom is 0.355 e. The Morgan fingerprint density at radius 2 is 2.12 bits per heavy atom. The fraction of sp³-hybridized carbons (Fsp3) is 0.611. The SMILES string of the molecule is COC(=O)[C@@H]1C(=O)c2c([nH]c(C(=O)OC[C@H]3CCCO3)c2C)C[C@H]1C. The number of H-pyrrole nitrogens is 1. The molecule has 1 fully saturated rings. The lowest BCUT2D eigenvalue weighted by molar-refractivity contribution is -0.145. The zero-order valence-electron chi connectivity index (χ0n) is 14.7. The Labute approximate surface area is 146 Å². The summed E-state index contributed by atoms with van der Waals surface area (Å²) in [5.41, 5.74) is 1.89. The van der Waals surface area contributed by atoms with Crippen LogP contribution in [0.25, 0.3) is 0 Å². The number of hydrogen-bond acceptors (Lipinski definition) is 6. The number of rotatable bonds is 4. The summed E-state index contributed by atoms with van der Waals surface area (Å²) in [4.78, 5) is 40.1. The number of ether oxygens (including phenoxy) is 3. The van der Waals surface area contributed by atoms with Gasteiger partial charge in [0.25, 0.3) is 0 Å². The molecule has 3 rings (SSSR count). The Bertz CT molecular complexity index is 701. The number of ketones is 1. The van der Waals surface area contributed by atoms with Crippen LogP contribution < -0.4 is 0 Å². The second-order valence-electron chi connectivity index (χ2n) is 6.76. The number of carbonyl (C=O) groups is 3. The molecule has 0 amide bonds. The van der Waals surface area contributed by atoms with Gasteiger partial charge in [0.15, 0.2) is 5.78 Å². The van der Waals surface area contributed by atoms with Crippen molar-refractivity contribution in [2.45, 2.75) is 39.2 Å². The average Bonchev–Trinajstić information content (AvgIpc) is 3.20. The highest BCUT2D eigenvalue weighted by atomic mass is 16.6. The normalized spacial score (nSPS) is 25.6. The van der Waals surface area contributed by atoms with Gasteiger partial charge in [0.2, 0.25) is 0 Å². The predicted octanol–water partition coefficient (Wildman–Crippen LogP) is 1.82. The van der Waals surface area contributed by atoms with E-state index in [2.05, 4.69) is 4.98 Å². The molecule has 7 heteroatoms. The third-order valence-electron chi connectivity index (χ3n) is 5.04. The second-order valence-corrected chi connectivity index (χ2v) is 6.76. The number of esters is 2. The molecule has 1 saturated heterocycles. The smallest absolute Gasteiger partial charge is 0.355 e. The van der Waals surface area contributed by atoms with Gasteiger partial charge < -0.3 is 19.2 Å². The third kappa shape index (κ3) is 3.20. The molecule has 1 N–H and O–H groups in total. The number of nitrogens with one attached hydrogen (secondary N) is 1. The molecule has 1 aromatic heterocycles. The Morgan fingerprint density at radius 1 is 1.36 bits per heavy atom. The molecule has 136 valence electrons. The number of Topliss-reactive ketones (excluding diaryl/α,β-unsaturated/α-hetero) is 1. The van der Waals surface area contributed by atoms with Crippen molar-refractivity contribution in [3.63, 3.8) is 0 Å². The Balaban J connectivity index is 1.80. The standard InChI is InChI=1S/C18H23NO6/c1-9-7-12-14(16(20)13(9)17(21)23-3)10(2)15(19-12)18(22)25-8-11-5-4-6-24-11/h9,11,13,19H,4-8H2,1-3H3/t9-,11-,13+/m1/s1. The van der Waals surface area contributed by atoms with Crippen molar-refractivity contribution in [1.82, 2.24) is 4.98 Å². The van der Waals surface area contributed by atoms with E-state index in [1.54, 1.807) is 6.92 Å².